The Hall–Kier alpha value is -2.70. The number of hydrogen-bond donors (Lipinski definition) is 1. The highest BCUT2D eigenvalue weighted by atomic mass is 32.1. The van der Waals surface area contributed by atoms with Gasteiger partial charge in [0, 0.05) is 62.2 Å². The molecule has 0 aliphatic carbocycles. The summed E-state index contributed by atoms with van der Waals surface area (Å²) in [6.45, 7) is 5.04. The Balaban J connectivity index is 1.39. The van der Waals surface area contributed by atoms with Crippen LogP contribution in [0.25, 0.3) is 0 Å². The molecule has 0 atom stereocenters. The fourth-order valence-corrected chi connectivity index (χ4v) is 4.32. The van der Waals surface area contributed by atoms with Crippen LogP contribution in [0.1, 0.15) is 27.2 Å². The van der Waals surface area contributed by atoms with Crippen LogP contribution in [0, 0.1) is 0 Å². The molecular formula is C23H26N4OS. The second-order valence-corrected chi connectivity index (χ2v) is 8.29. The number of benzene rings is 1. The van der Waals surface area contributed by atoms with Gasteiger partial charge in [-0.2, -0.15) is 0 Å². The van der Waals surface area contributed by atoms with Crippen molar-refractivity contribution < 1.29 is 4.79 Å². The molecule has 0 bridgehead atoms. The average Bonchev–Trinajstić information content (AvgIpc) is 3.18. The molecule has 150 valence electrons. The Morgan fingerprint density at radius 1 is 1.03 bits per heavy atom. The highest BCUT2D eigenvalue weighted by Crippen LogP contribution is 2.20. The lowest BCUT2D eigenvalue weighted by Gasteiger charge is -2.23. The third kappa shape index (κ3) is 5.22. The van der Waals surface area contributed by atoms with Gasteiger partial charge in [0.05, 0.1) is 5.56 Å². The summed E-state index contributed by atoms with van der Waals surface area (Å²) in [5, 5.41) is 5.51. The van der Waals surface area contributed by atoms with E-state index in [-0.39, 0.29) is 5.91 Å². The zero-order chi connectivity index (χ0) is 19.9. The highest BCUT2D eigenvalue weighted by Gasteiger charge is 2.22. The largest absolute Gasteiger partial charge is 0.380 e. The number of nitrogens with one attached hydrogen (secondary N) is 1. The quantitative estimate of drug-likeness (QED) is 0.669. The zero-order valence-electron chi connectivity index (χ0n) is 16.5. The van der Waals surface area contributed by atoms with Gasteiger partial charge in [0.1, 0.15) is 0 Å². The van der Waals surface area contributed by atoms with Gasteiger partial charge in [0.25, 0.3) is 5.91 Å². The van der Waals surface area contributed by atoms with E-state index in [4.69, 9.17) is 0 Å². The molecule has 1 saturated heterocycles. The SMILES string of the molecule is O=C(c1ccccc1NCc1cccs1)N1CCCN(Cc2cccnc2)CC1. The van der Waals surface area contributed by atoms with Crippen LogP contribution in [0.5, 0.6) is 0 Å². The number of para-hydroxylation sites is 1. The third-order valence-corrected chi connectivity index (χ3v) is 6.07. The van der Waals surface area contributed by atoms with E-state index in [9.17, 15) is 4.79 Å². The molecule has 1 aliphatic rings. The molecule has 5 nitrogen and oxygen atoms in total. The second-order valence-electron chi connectivity index (χ2n) is 7.26. The predicted molar refractivity (Wildman–Crippen MR) is 118 cm³/mol. The maximum atomic E-state index is 13.3. The van der Waals surface area contributed by atoms with Crippen LogP contribution < -0.4 is 5.32 Å². The molecule has 0 unspecified atom stereocenters. The molecule has 1 fully saturated rings. The molecule has 0 saturated carbocycles. The van der Waals surface area contributed by atoms with Crippen molar-refractivity contribution in [2.24, 2.45) is 0 Å². The second kappa shape index (κ2) is 9.67. The monoisotopic (exact) mass is 406 g/mol. The molecule has 0 spiro atoms. The summed E-state index contributed by atoms with van der Waals surface area (Å²) in [4.78, 5) is 23.1. The van der Waals surface area contributed by atoms with Crippen molar-refractivity contribution in [2.45, 2.75) is 19.5 Å². The lowest BCUT2D eigenvalue weighted by atomic mass is 10.1. The first-order valence-corrected chi connectivity index (χ1v) is 10.9. The van der Waals surface area contributed by atoms with Gasteiger partial charge in [-0.25, -0.2) is 0 Å². The number of anilines is 1. The van der Waals surface area contributed by atoms with Gasteiger partial charge in [0.15, 0.2) is 0 Å². The predicted octanol–water partition coefficient (Wildman–Crippen LogP) is 4.10. The Labute approximate surface area is 176 Å². The van der Waals surface area contributed by atoms with E-state index in [1.807, 2.05) is 47.5 Å². The summed E-state index contributed by atoms with van der Waals surface area (Å²) >= 11 is 1.72. The number of rotatable bonds is 6. The van der Waals surface area contributed by atoms with Crippen molar-refractivity contribution in [2.75, 3.05) is 31.5 Å². The van der Waals surface area contributed by atoms with Crippen LogP contribution in [0.3, 0.4) is 0 Å². The molecule has 1 aliphatic heterocycles. The molecule has 3 heterocycles. The summed E-state index contributed by atoms with van der Waals surface area (Å²) in [6.07, 6.45) is 4.70. The van der Waals surface area contributed by atoms with Crippen LogP contribution >= 0.6 is 11.3 Å². The Morgan fingerprint density at radius 3 is 2.79 bits per heavy atom. The number of amides is 1. The maximum absolute atomic E-state index is 13.3. The number of pyridine rings is 1. The van der Waals surface area contributed by atoms with Crippen molar-refractivity contribution in [3.05, 3.63) is 82.3 Å². The van der Waals surface area contributed by atoms with Crippen LogP contribution in [0.4, 0.5) is 5.69 Å². The topological polar surface area (TPSA) is 48.5 Å². The van der Waals surface area contributed by atoms with Crippen molar-refractivity contribution in [1.29, 1.82) is 0 Å². The summed E-state index contributed by atoms with van der Waals surface area (Å²) in [7, 11) is 0. The van der Waals surface area contributed by atoms with Crippen LogP contribution in [-0.2, 0) is 13.1 Å². The van der Waals surface area contributed by atoms with Crippen molar-refractivity contribution in [3.8, 4) is 0 Å². The molecule has 1 N–H and O–H groups in total. The average molecular weight is 407 g/mol. The van der Waals surface area contributed by atoms with Gasteiger partial charge in [0.2, 0.25) is 0 Å². The Kier molecular flexibility index (Phi) is 6.54. The van der Waals surface area contributed by atoms with Crippen molar-refractivity contribution >= 4 is 22.9 Å². The molecule has 4 rings (SSSR count). The van der Waals surface area contributed by atoms with Gasteiger partial charge in [-0.1, -0.05) is 24.3 Å². The normalized spacial score (nSPS) is 15.1. The molecule has 2 aromatic heterocycles. The first-order valence-electron chi connectivity index (χ1n) is 10.1. The van der Waals surface area contributed by atoms with E-state index in [2.05, 4.69) is 32.7 Å². The van der Waals surface area contributed by atoms with Crippen LogP contribution in [0.15, 0.2) is 66.3 Å². The van der Waals surface area contributed by atoms with Gasteiger partial charge in [-0.15, -0.1) is 11.3 Å². The van der Waals surface area contributed by atoms with E-state index < -0.39 is 0 Å². The van der Waals surface area contributed by atoms with Crippen LogP contribution in [-0.4, -0.2) is 46.9 Å². The summed E-state index contributed by atoms with van der Waals surface area (Å²) in [5.41, 5.74) is 2.88. The van der Waals surface area contributed by atoms with Gasteiger partial charge in [-0.05, 0) is 41.6 Å². The van der Waals surface area contributed by atoms with E-state index >= 15 is 0 Å². The van der Waals surface area contributed by atoms with E-state index in [0.717, 1.165) is 56.9 Å². The lowest BCUT2D eigenvalue weighted by Crippen LogP contribution is -2.35. The molecule has 1 aromatic carbocycles. The number of thiophene rings is 1. The van der Waals surface area contributed by atoms with E-state index in [0.29, 0.717) is 0 Å². The maximum Gasteiger partial charge on any atom is 0.255 e. The zero-order valence-corrected chi connectivity index (χ0v) is 17.3. The number of carbonyl (C=O) groups excluding carboxylic acids is 1. The smallest absolute Gasteiger partial charge is 0.255 e. The third-order valence-electron chi connectivity index (χ3n) is 5.20. The van der Waals surface area contributed by atoms with Gasteiger partial charge >= 0.3 is 0 Å². The molecule has 6 heteroatoms. The minimum atomic E-state index is 0.113. The minimum absolute atomic E-state index is 0.113. The van der Waals surface area contributed by atoms with Crippen molar-refractivity contribution in [1.82, 2.24) is 14.8 Å². The Morgan fingerprint density at radius 2 is 1.97 bits per heavy atom. The van der Waals surface area contributed by atoms with Gasteiger partial charge < -0.3 is 10.2 Å². The molecule has 1 amide bonds. The number of aromatic nitrogens is 1. The first-order chi connectivity index (χ1) is 14.3. The number of carbonyl (C=O) groups is 1. The standard InChI is InChI=1S/C23H26N4OS/c28-23(21-8-1-2-9-22(21)25-17-20-7-4-15-29-20)27-12-5-11-26(13-14-27)18-19-6-3-10-24-16-19/h1-4,6-10,15-16,25H,5,11-14,17-18H2. The number of hydrogen-bond acceptors (Lipinski definition) is 5. The Bertz CT molecular complexity index is 914. The number of nitrogens with zero attached hydrogens (tertiary/aromatic N) is 3. The lowest BCUT2D eigenvalue weighted by molar-refractivity contribution is 0.0762. The van der Waals surface area contributed by atoms with Gasteiger partial charge in [-0.3, -0.25) is 14.7 Å². The highest BCUT2D eigenvalue weighted by molar-refractivity contribution is 7.09. The molecule has 0 radical (unpaired) electrons. The van der Waals surface area contributed by atoms with E-state index in [1.165, 1.54) is 10.4 Å². The summed E-state index contributed by atoms with van der Waals surface area (Å²) < 4.78 is 0. The molecule has 3 aromatic rings. The van der Waals surface area contributed by atoms with Crippen LogP contribution in [0.2, 0.25) is 0 Å². The fraction of sp³-hybridized carbons (Fsp3) is 0.304. The minimum Gasteiger partial charge on any atom is -0.380 e. The fourth-order valence-electron chi connectivity index (χ4n) is 3.67. The first kappa shape index (κ1) is 19.6. The summed E-state index contributed by atoms with van der Waals surface area (Å²) in [5.74, 6) is 0.113. The molecular weight excluding hydrogens is 380 g/mol. The van der Waals surface area contributed by atoms with Crippen molar-refractivity contribution in [3.63, 3.8) is 0 Å². The van der Waals surface area contributed by atoms with E-state index in [1.54, 1.807) is 17.5 Å². The molecule has 29 heavy (non-hydrogen) atoms. The summed E-state index contributed by atoms with van der Waals surface area (Å²) in [6, 6.07) is 16.1.